The van der Waals surface area contributed by atoms with Crippen LogP contribution in [0.3, 0.4) is 0 Å². The van der Waals surface area contributed by atoms with E-state index < -0.39 is 0 Å². The van der Waals surface area contributed by atoms with Crippen LogP contribution in [0.4, 0.5) is 0 Å². The van der Waals surface area contributed by atoms with Crippen molar-refractivity contribution in [2.75, 3.05) is 0 Å². The summed E-state index contributed by atoms with van der Waals surface area (Å²) in [6.07, 6.45) is 1.52. The zero-order chi connectivity index (χ0) is 13.0. The molecule has 2 rings (SSSR count). The molecule has 0 bridgehead atoms. The fourth-order valence-electron chi connectivity index (χ4n) is 1.34. The van der Waals surface area contributed by atoms with Gasteiger partial charge in [0.15, 0.2) is 0 Å². The molecule has 0 atom stereocenters. The molecule has 0 radical (unpaired) electrons. The van der Waals surface area contributed by atoms with Crippen molar-refractivity contribution < 1.29 is 0 Å². The number of nitrogens with zero attached hydrogens (tertiary/aromatic N) is 3. The highest BCUT2D eigenvalue weighted by atomic mass is 79.9. The summed E-state index contributed by atoms with van der Waals surface area (Å²) in [7, 11) is 1.63. The third-order valence-electron chi connectivity index (χ3n) is 2.24. The summed E-state index contributed by atoms with van der Waals surface area (Å²) in [5.41, 5.74) is 1.77. The van der Waals surface area contributed by atoms with Crippen LogP contribution in [-0.4, -0.2) is 14.3 Å². The van der Waals surface area contributed by atoms with Crippen molar-refractivity contribution in [2.24, 2.45) is 7.05 Å². The Morgan fingerprint density at radius 3 is 2.41 bits per heavy atom. The number of rotatable bonds is 1. The lowest BCUT2D eigenvalue weighted by molar-refractivity contribution is 0.726. The molecular weight excluding hydrogens is 282 g/mol. The van der Waals surface area contributed by atoms with Gasteiger partial charge in [-0.2, -0.15) is 5.10 Å². The second kappa shape index (κ2) is 5.82. The minimum absolute atomic E-state index is 0.142. The zero-order valence-electron chi connectivity index (χ0n) is 10.4. The van der Waals surface area contributed by atoms with Gasteiger partial charge in [0.2, 0.25) is 0 Å². The quantitative estimate of drug-likeness (QED) is 0.812. The molecule has 4 nitrogen and oxygen atoms in total. The maximum absolute atomic E-state index is 11.6. The van der Waals surface area contributed by atoms with Gasteiger partial charge in [-0.1, -0.05) is 29.8 Å². The molecule has 1 heterocycles. The molecule has 0 saturated heterocycles. The first-order valence-electron chi connectivity index (χ1n) is 5.47. The zero-order valence-corrected chi connectivity index (χ0v) is 12.0. The lowest BCUT2D eigenvalue weighted by Crippen LogP contribution is -2.21. The first kappa shape index (κ1) is 13.7. The highest BCUT2D eigenvalue weighted by Gasteiger charge is 2.04. The Kier molecular flexibility index (Phi) is 4.69. The maximum atomic E-state index is 11.6. The Morgan fingerprint density at radius 2 is 1.94 bits per heavy atom. The van der Waals surface area contributed by atoms with E-state index in [0.717, 1.165) is 15.7 Å². The molecule has 0 saturated carbocycles. The van der Waals surface area contributed by atoms with Crippen molar-refractivity contribution in [2.45, 2.75) is 20.8 Å². The van der Waals surface area contributed by atoms with Crippen LogP contribution in [0.25, 0.3) is 5.69 Å². The van der Waals surface area contributed by atoms with Crippen molar-refractivity contribution >= 4 is 15.9 Å². The van der Waals surface area contributed by atoms with E-state index in [9.17, 15) is 4.79 Å². The van der Waals surface area contributed by atoms with Crippen LogP contribution in [0.1, 0.15) is 19.4 Å². The lowest BCUT2D eigenvalue weighted by Gasteiger charge is -2.03. The van der Waals surface area contributed by atoms with Crippen molar-refractivity contribution in [1.82, 2.24) is 14.3 Å². The Balaban J connectivity index is 0.000000686. The molecule has 0 aliphatic rings. The fraction of sp³-hybridized carbons (Fsp3) is 0.333. The Morgan fingerprint density at radius 1 is 1.29 bits per heavy atom. The van der Waals surface area contributed by atoms with Crippen molar-refractivity contribution in [3.8, 4) is 5.69 Å². The first-order valence-corrected chi connectivity index (χ1v) is 6.26. The Labute approximate surface area is 109 Å². The molecule has 17 heavy (non-hydrogen) atoms. The third kappa shape index (κ3) is 2.85. The number of aromatic nitrogens is 3. The largest absolute Gasteiger partial charge is 0.350 e. The van der Waals surface area contributed by atoms with Gasteiger partial charge in [0.05, 0.1) is 5.69 Å². The van der Waals surface area contributed by atoms with Crippen molar-refractivity contribution in [3.05, 3.63) is 45.0 Å². The lowest BCUT2D eigenvalue weighted by atomic mass is 10.2. The van der Waals surface area contributed by atoms with E-state index in [1.807, 2.05) is 39.0 Å². The smallest absolute Gasteiger partial charge is 0.250 e. The number of aryl methyl sites for hydroxylation is 2. The second-order valence-electron chi connectivity index (χ2n) is 3.34. The van der Waals surface area contributed by atoms with E-state index in [2.05, 4.69) is 21.0 Å². The number of benzene rings is 1. The van der Waals surface area contributed by atoms with E-state index in [1.165, 1.54) is 15.6 Å². The average molecular weight is 298 g/mol. The summed E-state index contributed by atoms with van der Waals surface area (Å²) in [5, 5.41) is 3.90. The second-order valence-corrected chi connectivity index (χ2v) is 4.19. The summed E-state index contributed by atoms with van der Waals surface area (Å²) >= 11 is 3.42. The van der Waals surface area contributed by atoms with E-state index in [-0.39, 0.29) is 5.69 Å². The molecule has 0 N–H and O–H groups in total. The summed E-state index contributed by atoms with van der Waals surface area (Å²) in [6, 6.07) is 5.73. The standard InChI is InChI=1S/C10H10BrN3O.C2H6/c1-7-5-8(3-4-9(7)11)14-6-12-13(2)10(14)15;1-2/h3-6H,1-2H3;1-2H3. The van der Waals surface area contributed by atoms with Gasteiger partial charge in [-0.15, -0.1) is 0 Å². The van der Waals surface area contributed by atoms with Gasteiger partial charge in [-0.25, -0.2) is 14.0 Å². The molecule has 92 valence electrons. The van der Waals surface area contributed by atoms with Crippen LogP contribution in [0.15, 0.2) is 33.8 Å². The number of halogens is 1. The van der Waals surface area contributed by atoms with Crippen molar-refractivity contribution in [1.29, 1.82) is 0 Å². The molecule has 0 aliphatic heterocycles. The summed E-state index contributed by atoms with van der Waals surface area (Å²) < 4.78 is 3.85. The SMILES string of the molecule is CC.Cc1cc(-n2cnn(C)c2=O)ccc1Br. The monoisotopic (exact) mass is 297 g/mol. The van der Waals surface area contributed by atoms with Crippen LogP contribution in [-0.2, 0) is 7.05 Å². The van der Waals surface area contributed by atoms with Crippen LogP contribution >= 0.6 is 15.9 Å². The molecule has 0 aliphatic carbocycles. The maximum Gasteiger partial charge on any atom is 0.350 e. The van der Waals surface area contributed by atoms with Crippen LogP contribution in [0.2, 0.25) is 0 Å². The summed E-state index contributed by atoms with van der Waals surface area (Å²) in [5.74, 6) is 0. The van der Waals surface area contributed by atoms with Crippen LogP contribution < -0.4 is 5.69 Å². The van der Waals surface area contributed by atoms with Gasteiger partial charge in [-0.05, 0) is 30.7 Å². The Bertz CT molecular complexity index is 557. The molecule has 5 heteroatoms. The molecule has 0 unspecified atom stereocenters. The van der Waals surface area contributed by atoms with E-state index >= 15 is 0 Å². The average Bonchev–Trinajstić information content (AvgIpc) is 2.67. The van der Waals surface area contributed by atoms with Gasteiger partial charge >= 0.3 is 5.69 Å². The molecular formula is C12H16BrN3O. The van der Waals surface area contributed by atoms with Gasteiger partial charge in [-0.3, -0.25) is 0 Å². The number of hydrogen-bond acceptors (Lipinski definition) is 2. The highest BCUT2D eigenvalue weighted by molar-refractivity contribution is 9.10. The normalized spacial score (nSPS) is 9.71. The predicted octanol–water partition coefficient (Wildman–Crippen LogP) is 2.67. The van der Waals surface area contributed by atoms with Gasteiger partial charge in [0, 0.05) is 11.5 Å². The van der Waals surface area contributed by atoms with Crippen LogP contribution in [0, 0.1) is 6.92 Å². The third-order valence-corrected chi connectivity index (χ3v) is 3.13. The van der Waals surface area contributed by atoms with Gasteiger partial charge < -0.3 is 0 Å². The molecule has 1 aromatic carbocycles. The molecule has 0 spiro atoms. The molecule has 0 fully saturated rings. The minimum atomic E-state index is -0.142. The van der Waals surface area contributed by atoms with Gasteiger partial charge in [0.1, 0.15) is 6.33 Å². The highest BCUT2D eigenvalue weighted by Crippen LogP contribution is 2.18. The first-order chi connectivity index (χ1) is 8.09. The Hall–Kier alpha value is -1.36. The summed E-state index contributed by atoms with van der Waals surface area (Å²) in [6.45, 7) is 5.98. The van der Waals surface area contributed by atoms with Gasteiger partial charge in [0.25, 0.3) is 0 Å². The van der Waals surface area contributed by atoms with E-state index in [1.54, 1.807) is 7.05 Å². The molecule has 0 amide bonds. The van der Waals surface area contributed by atoms with Crippen LogP contribution in [0.5, 0.6) is 0 Å². The predicted molar refractivity (Wildman–Crippen MR) is 72.6 cm³/mol. The van der Waals surface area contributed by atoms with E-state index in [0.29, 0.717) is 0 Å². The molecule has 1 aromatic heterocycles. The fourth-order valence-corrected chi connectivity index (χ4v) is 1.59. The van der Waals surface area contributed by atoms with E-state index in [4.69, 9.17) is 0 Å². The minimum Gasteiger partial charge on any atom is -0.250 e. The summed E-state index contributed by atoms with van der Waals surface area (Å²) in [4.78, 5) is 11.6. The van der Waals surface area contributed by atoms with Crippen molar-refractivity contribution in [3.63, 3.8) is 0 Å². The topological polar surface area (TPSA) is 39.8 Å². The number of hydrogen-bond donors (Lipinski definition) is 0. The molecule has 2 aromatic rings.